The van der Waals surface area contributed by atoms with E-state index in [1.165, 1.54) is 30.6 Å². The van der Waals surface area contributed by atoms with Crippen molar-refractivity contribution in [2.45, 2.75) is 6.92 Å². The van der Waals surface area contributed by atoms with Crippen molar-refractivity contribution < 1.29 is 13.5 Å². The second-order valence-corrected chi connectivity index (χ2v) is 8.11. The van der Waals surface area contributed by atoms with Gasteiger partial charge in [-0.1, -0.05) is 0 Å². The smallest absolute Gasteiger partial charge is 0.188 e. The third kappa shape index (κ3) is 4.10. The number of aromatic nitrogens is 4. The summed E-state index contributed by atoms with van der Waals surface area (Å²) in [5.41, 5.74) is 2.89. The van der Waals surface area contributed by atoms with Gasteiger partial charge >= 0.3 is 0 Å². The molecule has 0 unspecified atom stereocenters. The number of benzene rings is 2. The lowest BCUT2D eigenvalue weighted by molar-refractivity contribution is 0.419. The fourth-order valence-electron chi connectivity index (χ4n) is 3.47. The van der Waals surface area contributed by atoms with Gasteiger partial charge in [-0.05, 0) is 48.9 Å². The fraction of sp³-hybridized carbons (Fsp3) is 0.0833. The maximum atomic E-state index is 14.6. The Morgan fingerprint density at radius 3 is 2.58 bits per heavy atom. The Balaban J connectivity index is 1.77. The van der Waals surface area contributed by atoms with Crippen molar-refractivity contribution in [1.29, 1.82) is 0 Å². The zero-order valence-electron chi connectivity index (χ0n) is 17.6. The molecular weight excluding hydrogens is 444 g/mol. The van der Waals surface area contributed by atoms with E-state index in [9.17, 15) is 8.78 Å². The van der Waals surface area contributed by atoms with Crippen molar-refractivity contribution in [2.24, 2.45) is 0 Å². The van der Waals surface area contributed by atoms with Crippen molar-refractivity contribution >= 4 is 33.2 Å². The van der Waals surface area contributed by atoms with Gasteiger partial charge in [0.05, 0.1) is 12.8 Å². The number of nitrogens with one attached hydrogen (secondary N) is 1. The van der Waals surface area contributed by atoms with E-state index in [2.05, 4.69) is 15.3 Å². The Morgan fingerprint density at radius 1 is 1.00 bits per heavy atom. The monoisotopic (exact) mass is 461 g/mol. The molecule has 0 spiro atoms. The van der Waals surface area contributed by atoms with Crippen LogP contribution in [-0.2, 0) is 0 Å². The molecule has 0 fully saturated rings. The van der Waals surface area contributed by atoms with Crippen LogP contribution in [0, 0.1) is 18.6 Å². The highest BCUT2D eigenvalue weighted by atomic mass is 32.1. The van der Waals surface area contributed by atoms with Crippen LogP contribution in [0.3, 0.4) is 0 Å². The Labute approximate surface area is 192 Å². The van der Waals surface area contributed by atoms with E-state index in [-0.39, 0.29) is 5.56 Å². The van der Waals surface area contributed by atoms with Crippen molar-refractivity contribution in [3.63, 3.8) is 0 Å². The number of ether oxygens (including phenoxy) is 1. The molecule has 0 aliphatic carbocycles. The summed E-state index contributed by atoms with van der Waals surface area (Å²) in [6.07, 6.45) is 3.35. The quantitative estimate of drug-likeness (QED) is 0.338. The number of hydrogen-bond acceptors (Lipinski definition) is 7. The first-order chi connectivity index (χ1) is 16.0. The molecule has 1 N–H and O–H groups in total. The highest BCUT2D eigenvalue weighted by Gasteiger charge is 2.18. The summed E-state index contributed by atoms with van der Waals surface area (Å²) >= 11 is 1.44. The fourth-order valence-corrected chi connectivity index (χ4v) is 4.15. The maximum Gasteiger partial charge on any atom is 0.188 e. The van der Waals surface area contributed by atoms with Crippen LogP contribution in [0.15, 0.2) is 60.2 Å². The van der Waals surface area contributed by atoms with Crippen LogP contribution in [0.1, 0.15) is 5.69 Å². The van der Waals surface area contributed by atoms with Crippen LogP contribution >= 0.6 is 11.3 Å². The van der Waals surface area contributed by atoms with E-state index in [1.54, 1.807) is 30.6 Å². The van der Waals surface area contributed by atoms with Gasteiger partial charge in [-0.25, -0.2) is 23.7 Å². The standard InChI is InChI=1S/C24H17F2N5OS/c1-13-12-33-24(28-13)31-23-18-8-15(17-6-5-16(25)10-19(17)26)9-20(32-2)21(18)29-22(30-23)14-4-3-7-27-11-14/h3-12H,1-2H3,(H,28,29,30,31). The first-order valence-electron chi connectivity index (χ1n) is 9.96. The number of fused-ring (bicyclic) bond motifs is 1. The summed E-state index contributed by atoms with van der Waals surface area (Å²) in [6, 6.07) is 10.6. The predicted molar refractivity (Wildman–Crippen MR) is 125 cm³/mol. The minimum Gasteiger partial charge on any atom is -0.494 e. The van der Waals surface area contributed by atoms with Crippen molar-refractivity contribution in [2.75, 3.05) is 12.4 Å². The number of rotatable bonds is 5. The van der Waals surface area contributed by atoms with Gasteiger partial charge in [0, 0.05) is 40.4 Å². The Bertz CT molecular complexity index is 1470. The van der Waals surface area contributed by atoms with Crippen LogP contribution < -0.4 is 10.1 Å². The average molecular weight is 461 g/mol. The molecular formula is C24H17F2N5OS. The number of nitrogens with zero attached hydrogens (tertiary/aromatic N) is 4. The third-order valence-corrected chi connectivity index (χ3v) is 5.87. The van der Waals surface area contributed by atoms with Crippen molar-refractivity contribution in [1.82, 2.24) is 19.9 Å². The summed E-state index contributed by atoms with van der Waals surface area (Å²) in [6.45, 7) is 1.90. The van der Waals surface area contributed by atoms with Gasteiger partial charge in [0.2, 0.25) is 0 Å². The molecule has 0 atom stereocenters. The summed E-state index contributed by atoms with van der Waals surface area (Å²) < 4.78 is 33.6. The third-order valence-electron chi connectivity index (χ3n) is 4.99. The summed E-state index contributed by atoms with van der Waals surface area (Å²) in [5, 5.41) is 6.44. The van der Waals surface area contributed by atoms with E-state index in [1.807, 2.05) is 18.4 Å². The number of pyridine rings is 1. The highest BCUT2D eigenvalue weighted by Crippen LogP contribution is 2.37. The topological polar surface area (TPSA) is 72.8 Å². The Hall–Kier alpha value is -3.98. The lowest BCUT2D eigenvalue weighted by Crippen LogP contribution is -2.01. The van der Waals surface area contributed by atoms with Crippen LogP contribution in [0.25, 0.3) is 33.4 Å². The van der Waals surface area contributed by atoms with E-state index in [0.717, 1.165) is 17.3 Å². The molecule has 0 saturated carbocycles. The molecule has 3 heterocycles. The average Bonchev–Trinajstić information content (AvgIpc) is 3.23. The van der Waals surface area contributed by atoms with Gasteiger partial charge in [0.25, 0.3) is 0 Å². The molecule has 0 radical (unpaired) electrons. The molecule has 6 nitrogen and oxygen atoms in total. The normalized spacial score (nSPS) is 11.0. The van der Waals surface area contributed by atoms with Gasteiger partial charge in [-0.15, -0.1) is 11.3 Å². The number of halogens is 2. The minimum atomic E-state index is -0.672. The van der Waals surface area contributed by atoms with E-state index < -0.39 is 11.6 Å². The molecule has 0 amide bonds. The zero-order valence-corrected chi connectivity index (χ0v) is 18.5. The lowest BCUT2D eigenvalue weighted by atomic mass is 10.0. The van der Waals surface area contributed by atoms with Gasteiger partial charge < -0.3 is 10.1 Å². The van der Waals surface area contributed by atoms with Crippen LogP contribution in [0.2, 0.25) is 0 Å². The van der Waals surface area contributed by atoms with E-state index in [4.69, 9.17) is 14.7 Å². The molecule has 33 heavy (non-hydrogen) atoms. The van der Waals surface area contributed by atoms with Crippen LogP contribution in [0.5, 0.6) is 5.75 Å². The second kappa shape index (κ2) is 8.51. The van der Waals surface area contributed by atoms with Crippen LogP contribution in [0.4, 0.5) is 19.7 Å². The number of anilines is 2. The predicted octanol–water partition coefficient (Wildman–Crippen LogP) is 6.15. The van der Waals surface area contributed by atoms with Crippen molar-refractivity contribution in [3.05, 3.63) is 77.6 Å². The van der Waals surface area contributed by atoms with Crippen molar-refractivity contribution in [3.8, 4) is 28.3 Å². The lowest BCUT2D eigenvalue weighted by Gasteiger charge is -2.14. The van der Waals surface area contributed by atoms with E-state index >= 15 is 0 Å². The largest absolute Gasteiger partial charge is 0.494 e. The van der Waals surface area contributed by atoms with Gasteiger partial charge in [0.1, 0.15) is 28.7 Å². The van der Waals surface area contributed by atoms with E-state index in [0.29, 0.717) is 39.0 Å². The molecule has 5 aromatic rings. The summed E-state index contributed by atoms with van der Waals surface area (Å²) in [7, 11) is 1.52. The van der Waals surface area contributed by atoms with Crippen LogP contribution in [-0.4, -0.2) is 27.0 Å². The maximum absolute atomic E-state index is 14.6. The SMILES string of the molecule is COc1cc(-c2ccc(F)cc2F)cc2c(Nc3nc(C)cs3)nc(-c3cccnc3)nc12. The minimum absolute atomic E-state index is 0.240. The number of aryl methyl sites for hydroxylation is 1. The number of methoxy groups -OCH3 is 1. The molecule has 5 rings (SSSR count). The zero-order chi connectivity index (χ0) is 22.9. The molecule has 0 saturated heterocycles. The highest BCUT2D eigenvalue weighted by molar-refractivity contribution is 7.13. The molecule has 164 valence electrons. The molecule has 0 aliphatic rings. The first-order valence-corrected chi connectivity index (χ1v) is 10.8. The molecule has 0 bridgehead atoms. The van der Waals surface area contributed by atoms with Gasteiger partial charge in [-0.2, -0.15) is 0 Å². The number of thiazole rings is 1. The number of hydrogen-bond donors (Lipinski definition) is 1. The first kappa shape index (κ1) is 20.9. The molecule has 2 aromatic carbocycles. The van der Waals surface area contributed by atoms with Gasteiger partial charge in [0.15, 0.2) is 11.0 Å². The molecule has 3 aromatic heterocycles. The second-order valence-electron chi connectivity index (χ2n) is 7.26. The summed E-state index contributed by atoms with van der Waals surface area (Å²) in [4.78, 5) is 18.0. The Kier molecular flexibility index (Phi) is 5.39. The Morgan fingerprint density at radius 2 is 1.88 bits per heavy atom. The molecule has 9 heteroatoms. The summed E-state index contributed by atoms with van der Waals surface area (Å²) in [5.74, 6) is 0.0442. The molecule has 0 aliphatic heterocycles. The van der Waals surface area contributed by atoms with Gasteiger partial charge in [-0.3, -0.25) is 4.98 Å².